The lowest BCUT2D eigenvalue weighted by molar-refractivity contribution is -0.208. The minimum atomic E-state index is -3.56. The SMILES string of the molecule is COS(=O)(=O)CCCSC(SCON1C(=O)CCC1O)=C1c2ccccc2N(Cc2ccccc2)c2ccccc21. The fourth-order valence-electron chi connectivity index (χ4n) is 4.88. The number of rotatable bonds is 12. The molecule has 0 radical (unpaired) electrons. The average molecular weight is 613 g/mol. The maximum Gasteiger partial charge on any atom is 0.267 e. The van der Waals surface area contributed by atoms with E-state index in [4.69, 9.17) is 4.84 Å². The minimum Gasteiger partial charge on any atom is -0.371 e. The lowest BCUT2D eigenvalue weighted by Gasteiger charge is -2.35. The average Bonchev–Trinajstić information content (AvgIpc) is 3.31. The van der Waals surface area contributed by atoms with Crippen LogP contribution in [0.5, 0.6) is 0 Å². The van der Waals surface area contributed by atoms with Crippen LogP contribution in [0.25, 0.3) is 5.57 Å². The zero-order valence-electron chi connectivity index (χ0n) is 22.6. The highest BCUT2D eigenvalue weighted by Crippen LogP contribution is 2.50. The normalized spacial score (nSPS) is 16.6. The summed E-state index contributed by atoms with van der Waals surface area (Å²) in [5.74, 6) is 0.336. The number of aliphatic hydroxyl groups is 1. The molecule has 0 spiro atoms. The van der Waals surface area contributed by atoms with Crippen molar-refractivity contribution in [3.63, 3.8) is 0 Å². The molecule has 2 aliphatic heterocycles. The van der Waals surface area contributed by atoms with E-state index in [1.807, 2.05) is 42.5 Å². The molecular weight excluding hydrogens is 581 g/mol. The molecule has 0 saturated carbocycles. The van der Waals surface area contributed by atoms with Gasteiger partial charge >= 0.3 is 0 Å². The number of hydroxylamine groups is 2. The van der Waals surface area contributed by atoms with Crippen LogP contribution in [-0.2, 0) is 30.5 Å². The third-order valence-corrected chi connectivity index (χ3v) is 10.5. The van der Waals surface area contributed by atoms with E-state index < -0.39 is 16.3 Å². The van der Waals surface area contributed by atoms with Gasteiger partial charge in [-0.25, -0.2) is 0 Å². The van der Waals surface area contributed by atoms with E-state index in [9.17, 15) is 18.3 Å². The summed E-state index contributed by atoms with van der Waals surface area (Å²) in [7, 11) is -2.38. The summed E-state index contributed by atoms with van der Waals surface area (Å²) in [4.78, 5) is 20.2. The van der Waals surface area contributed by atoms with Gasteiger partial charge in [0.1, 0.15) is 5.94 Å². The summed E-state index contributed by atoms with van der Waals surface area (Å²) in [6.45, 7) is 0.699. The Morgan fingerprint density at radius 1 is 0.951 bits per heavy atom. The van der Waals surface area contributed by atoms with Gasteiger partial charge in [-0.1, -0.05) is 78.5 Å². The summed E-state index contributed by atoms with van der Waals surface area (Å²) in [5.41, 5.74) is 6.46. The molecule has 41 heavy (non-hydrogen) atoms. The smallest absolute Gasteiger partial charge is 0.267 e. The summed E-state index contributed by atoms with van der Waals surface area (Å²) >= 11 is 2.99. The quantitative estimate of drug-likeness (QED) is 0.157. The van der Waals surface area contributed by atoms with Crippen molar-refractivity contribution in [1.82, 2.24) is 5.06 Å². The number of carbonyl (C=O) groups excluding carboxylic acids is 1. The molecule has 0 aliphatic carbocycles. The van der Waals surface area contributed by atoms with E-state index >= 15 is 0 Å². The first-order chi connectivity index (χ1) is 19.9. The fourth-order valence-corrected chi connectivity index (χ4v) is 7.93. The molecular formula is C30H32N2O6S3. The van der Waals surface area contributed by atoms with Gasteiger partial charge in [0.05, 0.1) is 17.1 Å². The highest BCUT2D eigenvalue weighted by Gasteiger charge is 2.32. The van der Waals surface area contributed by atoms with Gasteiger partial charge in [-0.2, -0.15) is 13.5 Å². The molecule has 8 nitrogen and oxygen atoms in total. The van der Waals surface area contributed by atoms with Crippen LogP contribution in [0.4, 0.5) is 11.4 Å². The van der Waals surface area contributed by atoms with Crippen molar-refractivity contribution in [1.29, 1.82) is 0 Å². The molecule has 2 aliphatic rings. The van der Waals surface area contributed by atoms with Crippen LogP contribution >= 0.6 is 23.5 Å². The van der Waals surface area contributed by atoms with Crippen LogP contribution in [0.1, 0.15) is 36.0 Å². The fraction of sp³-hybridized carbons (Fsp3) is 0.300. The molecule has 3 aromatic carbocycles. The highest BCUT2D eigenvalue weighted by atomic mass is 32.2. The first kappa shape index (κ1) is 29.7. The second-order valence-electron chi connectivity index (χ2n) is 9.53. The van der Waals surface area contributed by atoms with E-state index in [1.54, 1.807) is 11.8 Å². The molecule has 216 valence electrons. The number of fused-ring (bicyclic) bond motifs is 2. The Hall–Kier alpha value is -2.80. The van der Waals surface area contributed by atoms with Crippen molar-refractivity contribution in [2.24, 2.45) is 0 Å². The van der Waals surface area contributed by atoms with E-state index in [0.29, 0.717) is 25.1 Å². The Bertz CT molecular complexity index is 1460. The van der Waals surface area contributed by atoms with Crippen LogP contribution in [-0.4, -0.2) is 55.3 Å². The molecule has 3 aromatic rings. The number of carbonyl (C=O) groups is 1. The molecule has 1 saturated heterocycles. The molecule has 1 atom stereocenters. The van der Waals surface area contributed by atoms with Crippen LogP contribution in [0.3, 0.4) is 0 Å². The number of hydrogen-bond acceptors (Lipinski definition) is 9. The predicted octanol–water partition coefficient (Wildman–Crippen LogP) is 5.72. The van der Waals surface area contributed by atoms with E-state index in [2.05, 4.69) is 45.5 Å². The number of para-hydroxylation sites is 2. The van der Waals surface area contributed by atoms with Crippen molar-refractivity contribution in [3.8, 4) is 0 Å². The number of thioether (sulfide) groups is 2. The molecule has 2 heterocycles. The lowest BCUT2D eigenvalue weighted by atomic mass is 9.91. The Kier molecular flexibility index (Phi) is 9.74. The Labute approximate surface area is 249 Å². The molecule has 0 bridgehead atoms. The third-order valence-electron chi connectivity index (χ3n) is 6.86. The summed E-state index contributed by atoms with van der Waals surface area (Å²) in [6.07, 6.45) is 0.0542. The van der Waals surface area contributed by atoms with Crippen LogP contribution in [0.2, 0.25) is 0 Å². The molecule has 11 heteroatoms. The second kappa shape index (κ2) is 13.5. The standard InChI is InChI=1S/C30H32N2O6S3/c1-37-41(35,36)19-9-18-39-30(40-21-38-32-27(33)16-17-28(32)34)29-23-12-5-7-14-25(23)31(20-22-10-3-2-4-11-22)26-15-8-6-13-24(26)29/h2-8,10-15,27,33H,9,16-21H2,1H3. The number of nitrogens with zero attached hydrogens (tertiary/aromatic N) is 2. The summed E-state index contributed by atoms with van der Waals surface area (Å²) in [5, 5.41) is 11.2. The monoisotopic (exact) mass is 612 g/mol. The number of benzene rings is 3. The largest absolute Gasteiger partial charge is 0.371 e. The summed E-state index contributed by atoms with van der Waals surface area (Å²) in [6, 6.07) is 26.8. The Morgan fingerprint density at radius 3 is 2.20 bits per heavy atom. The second-order valence-corrected chi connectivity index (χ2v) is 13.7. The maximum absolute atomic E-state index is 12.1. The Morgan fingerprint density at radius 2 is 1.59 bits per heavy atom. The van der Waals surface area contributed by atoms with E-state index in [1.165, 1.54) is 24.4 Å². The van der Waals surface area contributed by atoms with Gasteiger partial charge in [0.15, 0.2) is 6.23 Å². The molecule has 1 N–H and O–H groups in total. The summed E-state index contributed by atoms with van der Waals surface area (Å²) < 4.78 is 29.4. The molecule has 5 rings (SSSR count). The van der Waals surface area contributed by atoms with Gasteiger partial charge in [-0.3, -0.25) is 13.8 Å². The first-order valence-electron chi connectivity index (χ1n) is 13.3. The first-order valence-corrected chi connectivity index (χ1v) is 16.8. The van der Waals surface area contributed by atoms with Crippen molar-refractivity contribution in [2.75, 3.05) is 29.5 Å². The van der Waals surface area contributed by atoms with Gasteiger partial charge < -0.3 is 10.0 Å². The van der Waals surface area contributed by atoms with Crippen LogP contribution in [0.15, 0.2) is 83.1 Å². The zero-order valence-corrected chi connectivity index (χ0v) is 25.1. The van der Waals surface area contributed by atoms with Crippen molar-refractivity contribution in [2.45, 2.75) is 32.0 Å². The highest BCUT2D eigenvalue weighted by molar-refractivity contribution is 8.22. The van der Waals surface area contributed by atoms with Crippen molar-refractivity contribution < 1.29 is 27.3 Å². The van der Waals surface area contributed by atoms with E-state index in [-0.39, 0.29) is 24.0 Å². The number of hydrogen-bond donors (Lipinski definition) is 1. The van der Waals surface area contributed by atoms with Gasteiger partial charge in [0, 0.05) is 47.5 Å². The minimum absolute atomic E-state index is 0.0766. The van der Waals surface area contributed by atoms with Crippen molar-refractivity contribution >= 4 is 56.5 Å². The van der Waals surface area contributed by atoms with Gasteiger partial charge in [0.2, 0.25) is 5.91 Å². The molecule has 1 unspecified atom stereocenters. The molecule has 0 aromatic heterocycles. The van der Waals surface area contributed by atoms with Gasteiger partial charge in [-0.05, 0) is 29.9 Å². The van der Waals surface area contributed by atoms with Crippen LogP contribution in [0, 0.1) is 0 Å². The van der Waals surface area contributed by atoms with Crippen molar-refractivity contribution in [3.05, 3.63) is 99.8 Å². The van der Waals surface area contributed by atoms with Gasteiger partial charge in [0.25, 0.3) is 10.1 Å². The predicted molar refractivity (Wildman–Crippen MR) is 165 cm³/mol. The van der Waals surface area contributed by atoms with Gasteiger partial charge in [-0.15, -0.1) is 11.8 Å². The third kappa shape index (κ3) is 6.99. The molecule has 1 fully saturated rings. The zero-order chi connectivity index (χ0) is 28.8. The van der Waals surface area contributed by atoms with E-state index in [0.717, 1.165) is 37.4 Å². The number of anilines is 2. The Balaban J connectivity index is 1.51. The maximum atomic E-state index is 12.1. The lowest BCUT2D eigenvalue weighted by Crippen LogP contribution is -2.32. The topological polar surface area (TPSA) is 96.4 Å². The number of amides is 1. The van der Waals surface area contributed by atoms with Crippen LogP contribution < -0.4 is 4.90 Å². The number of aliphatic hydroxyl groups excluding tert-OH is 1. The molecule has 1 amide bonds.